The highest BCUT2D eigenvalue weighted by molar-refractivity contribution is 5.94. The Labute approximate surface area is 164 Å². The van der Waals surface area contributed by atoms with Crippen LogP contribution in [0.25, 0.3) is 0 Å². The van der Waals surface area contributed by atoms with Gasteiger partial charge in [-0.2, -0.15) is 0 Å². The number of hydrogen-bond acceptors (Lipinski definition) is 5. The minimum Gasteiger partial charge on any atom is -0.368 e. The first kappa shape index (κ1) is 18.2. The van der Waals surface area contributed by atoms with Crippen molar-refractivity contribution in [2.24, 2.45) is 0 Å². The van der Waals surface area contributed by atoms with Crippen LogP contribution in [0, 0.1) is 0 Å². The average Bonchev–Trinajstić information content (AvgIpc) is 3.14. The van der Waals surface area contributed by atoms with Crippen LogP contribution in [0.1, 0.15) is 46.0 Å². The lowest BCUT2D eigenvalue weighted by Gasteiger charge is -2.22. The summed E-state index contributed by atoms with van der Waals surface area (Å²) in [5.41, 5.74) is 9.35. The quantitative estimate of drug-likeness (QED) is 0.739. The molecule has 0 bridgehead atoms. The van der Waals surface area contributed by atoms with Gasteiger partial charge in [-0.15, -0.1) is 0 Å². The molecular formula is C21H24N6O. The molecule has 0 spiro atoms. The second kappa shape index (κ2) is 7.80. The zero-order chi connectivity index (χ0) is 19.5. The van der Waals surface area contributed by atoms with Gasteiger partial charge in [0.15, 0.2) is 0 Å². The highest BCUT2D eigenvalue weighted by Gasteiger charge is 2.24. The molecule has 1 aliphatic rings. The molecule has 1 amide bonds. The van der Waals surface area contributed by atoms with Crippen molar-refractivity contribution in [2.45, 2.75) is 38.8 Å². The normalized spacial score (nSPS) is 13.2. The molecule has 28 heavy (non-hydrogen) atoms. The molecule has 144 valence electrons. The smallest absolute Gasteiger partial charge is 0.273 e. The standard InChI is InChI=1S/C21H24N6O/c1-26(14-18-23-11-12-27(18)13-15-7-3-2-4-8-15)20(28)19-16-9-5-6-10-17(16)24-21(22)25-19/h2-4,7-8,11-12H,5-6,9-10,13-14H2,1H3,(H2,22,24,25). The molecule has 7 heteroatoms. The monoisotopic (exact) mass is 376 g/mol. The van der Waals surface area contributed by atoms with Gasteiger partial charge in [-0.3, -0.25) is 4.79 Å². The van der Waals surface area contributed by atoms with E-state index in [0.29, 0.717) is 18.8 Å². The summed E-state index contributed by atoms with van der Waals surface area (Å²) in [5.74, 6) is 0.861. The summed E-state index contributed by atoms with van der Waals surface area (Å²) in [4.78, 5) is 27.8. The maximum absolute atomic E-state index is 13.1. The number of nitrogens with two attached hydrogens (primary N) is 1. The first-order valence-corrected chi connectivity index (χ1v) is 9.56. The van der Waals surface area contributed by atoms with Crippen LogP contribution < -0.4 is 5.73 Å². The number of fused-ring (bicyclic) bond motifs is 1. The number of imidazole rings is 1. The summed E-state index contributed by atoms with van der Waals surface area (Å²) >= 11 is 0. The molecule has 2 heterocycles. The molecular weight excluding hydrogens is 352 g/mol. The highest BCUT2D eigenvalue weighted by Crippen LogP contribution is 2.24. The zero-order valence-corrected chi connectivity index (χ0v) is 16.0. The fraction of sp³-hybridized carbons (Fsp3) is 0.333. The van der Waals surface area contributed by atoms with Crippen LogP contribution in [0.15, 0.2) is 42.7 Å². The topological polar surface area (TPSA) is 89.9 Å². The lowest BCUT2D eigenvalue weighted by Crippen LogP contribution is -2.31. The summed E-state index contributed by atoms with van der Waals surface area (Å²) in [5, 5.41) is 0. The Kier molecular flexibility index (Phi) is 5.06. The molecule has 0 fully saturated rings. The van der Waals surface area contributed by atoms with Gasteiger partial charge in [-0.25, -0.2) is 15.0 Å². The SMILES string of the molecule is CN(Cc1nccn1Cc1ccccc1)C(=O)c1nc(N)nc2c1CCCC2. The van der Waals surface area contributed by atoms with Crippen molar-refractivity contribution in [3.05, 3.63) is 71.1 Å². The second-order valence-electron chi connectivity index (χ2n) is 7.18. The van der Waals surface area contributed by atoms with Crippen LogP contribution in [0.3, 0.4) is 0 Å². The predicted octanol–water partition coefficient (Wildman–Crippen LogP) is 2.45. The van der Waals surface area contributed by atoms with E-state index in [1.54, 1.807) is 18.1 Å². The van der Waals surface area contributed by atoms with Crippen LogP contribution in [0.4, 0.5) is 5.95 Å². The molecule has 1 aliphatic carbocycles. The van der Waals surface area contributed by atoms with Gasteiger partial charge in [-0.05, 0) is 31.2 Å². The van der Waals surface area contributed by atoms with Crippen LogP contribution in [-0.4, -0.2) is 37.4 Å². The minimum absolute atomic E-state index is 0.137. The molecule has 4 rings (SSSR count). The average molecular weight is 376 g/mol. The predicted molar refractivity (Wildman–Crippen MR) is 107 cm³/mol. The third kappa shape index (κ3) is 3.74. The van der Waals surface area contributed by atoms with Crippen LogP contribution in [-0.2, 0) is 25.9 Å². The zero-order valence-electron chi connectivity index (χ0n) is 16.0. The van der Waals surface area contributed by atoms with Gasteiger partial charge in [0.25, 0.3) is 5.91 Å². The van der Waals surface area contributed by atoms with Crippen molar-refractivity contribution in [2.75, 3.05) is 12.8 Å². The van der Waals surface area contributed by atoms with Gasteiger partial charge in [0, 0.05) is 37.2 Å². The number of hydrogen-bond donors (Lipinski definition) is 1. The van der Waals surface area contributed by atoms with Gasteiger partial charge in [0.1, 0.15) is 11.5 Å². The number of aryl methyl sites for hydroxylation is 1. The van der Waals surface area contributed by atoms with E-state index in [4.69, 9.17) is 5.73 Å². The van der Waals surface area contributed by atoms with E-state index in [0.717, 1.165) is 42.8 Å². The Hall–Kier alpha value is -3.22. The highest BCUT2D eigenvalue weighted by atomic mass is 16.2. The Morgan fingerprint density at radius 1 is 1.18 bits per heavy atom. The molecule has 0 atom stereocenters. The number of aromatic nitrogens is 4. The van der Waals surface area contributed by atoms with Crippen molar-refractivity contribution in [1.82, 2.24) is 24.4 Å². The fourth-order valence-electron chi connectivity index (χ4n) is 3.67. The molecule has 0 radical (unpaired) electrons. The lowest BCUT2D eigenvalue weighted by atomic mass is 9.94. The maximum Gasteiger partial charge on any atom is 0.273 e. The number of carbonyl (C=O) groups is 1. The molecule has 7 nitrogen and oxygen atoms in total. The van der Waals surface area contributed by atoms with E-state index in [-0.39, 0.29) is 11.9 Å². The fourth-order valence-corrected chi connectivity index (χ4v) is 3.67. The van der Waals surface area contributed by atoms with Gasteiger partial charge in [0.2, 0.25) is 5.95 Å². The Morgan fingerprint density at radius 3 is 2.79 bits per heavy atom. The minimum atomic E-state index is -0.137. The van der Waals surface area contributed by atoms with Crippen molar-refractivity contribution >= 4 is 11.9 Å². The van der Waals surface area contributed by atoms with Gasteiger partial charge in [-0.1, -0.05) is 30.3 Å². The molecule has 0 unspecified atom stereocenters. The summed E-state index contributed by atoms with van der Waals surface area (Å²) < 4.78 is 2.06. The number of carbonyl (C=O) groups excluding carboxylic acids is 1. The van der Waals surface area contributed by atoms with E-state index in [1.165, 1.54) is 5.56 Å². The Morgan fingerprint density at radius 2 is 1.96 bits per heavy atom. The first-order chi connectivity index (χ1) is 13.6. The summed E-state index contributed by atoms with van der Waals surface area (Å²) in [7, 11) is 1.78. The van der Waals surface area contributed by atoms with E-state index in [1.807, 2.05) is 24.4 Å². The number of rotatable bonds is 5. The van der Waals surface area contributed by atoms with Crippen LogP contribution in [0.5, 0.6) is 0 Å². The lowest BCUT2D eigenvalue weighted by molar-refractivity contribution is 0.0772. The number of nitrogens with zero attached hydrogens (tertiary/aromatic N) is 5. The van der Waals surface area contributed by atoms with Crippen molar-refractivity contribution in [3.8, 4) is 0 Å². The molecule has 2 aromatic heterocycles. The number of nitrogen functional groups attached to an aromatic ring is 1. The van der Waals surface area contributed by atoms with E-state index >= 15 is 0 Å². The first-order valence-electron chi connectivity index (χ1n) is 9.56. The molecule has 1 aromatic carbocycles. The Bertz CT molecular complexity index is 982. The maximum atomic E-state index is 13.1. The van der Waals surface area contributed by atoms with E-state index in [2.05, 4.69) is 31.7 Å². The third-order valence-electron chi connectivity index (χ3n) is 5.13. The number of benzene rings is 1. The van der Waals surface area contributed by atoms with Crippen molar-refractivity contribution < 1.29 is 4.79 Å². The molecule has 0 aliphatic heterocycles. The molecule has 2 N–H and O–H groups in total. The Balaban J connectivity index is 1.54. The van der Waals surface area contributed by atoms with Gasteiger partial charge in [0.05, 0.1) is 6.54 Å². The largest absolute Gasteiger partial charge is 0.368 e. The van der Waals surface area contributed by atoms with Gasteiger partial charge < -0.3 is 15.2 Å². The molecule has 3 aromatic rings. The molecule has 0 saturated heterocycles. The number of amides is 1. The van der Waals surface area contributed by atoms with Crippen molar-refractivity contribution in [1.29, 1.82) is 0 Å². The second-order valence-corrected chi connectivity index (χ2v) is 7.18. The van der Waals surface area contributed by atoms with Crippen molar-refractivity contribution in [3.63, 3.8) is 0 Å². The third-order valence-corrected chi connectivity index (χ3v) is 5.13. The van der Waals surface area contributed by atoms with Crippen LogP contribution >= 0.6 is 0 Å². The van der Waals surface area contributed by atoms with E-state index < -0.39 is 0 Å². The summed E-state index contributed by atoms with van der Waals surface area (Å²) in [6.45, 7) is 1.12. The van der Waals surface area contributed by atoms with E-state index in [9.17, 15) is 4.79 Å². The summed E-state index contributed by atoms with van der Waals surface area (Å²) in [6.07, 6.45) is 7.50. The van der Waals surface area contributed by atoms with Gasteiger partial charge >= 0.3 is 0 Å². The molecule has 0 saturated carbocycles. The van der Waals surface area contributed by atoms with Crippen LogP contribution in [0.2, 0.25) is 0 Å². The summed E-state index contributed by atoms with van der Waals surface area (Å²) in [6, 6.07) is 10.2. The number of anilines is 1.